The summed E-state index contributed by atoms with van der Waals surface area (Å²) in [7, 11) is 1.79. The van der Waals surface area contributed by atoms with Gasteiger partial charge in [0.05, 0.1) is 6.54 Å². The molecule has 0 aromatic heterocycles. The van der Waals surface area contributed by atoms with Gasteiger partial charge in [-0.15, -0.1) is 24.0 Å². The SMILES string of the molecule is CN=C(NCCN1CCc2ccccc2C1)NCC1COc2ccccc2O1.I. The lowest BCUT2D eigenvalue weighted by Crippen LogP contribution is -2.47. The zero-order valence-corrected chi connectivity index (χ0v) is 19.1. The van der Waals surface area contributed by atoms with Crippen LogP contribution in [0.5, 0.6) is 11.5 Å². The quantitative estimate of drug-likeness (QED) is 0.370. The smallest absolute Gasteiger partial charge is 0.191 e. The van der Waals surface area contributed by atoms with E-state index in [0.717, 1.165) is 50.1 Å². The van der Waals surface area contributed by atoms with Gasteiger partial charge in [0.15, 0.2) is 17.5 Å². The van der Waals surface area contributed by atoms with Gasteiger partial charge in [-0.25, -0.2) is 0 Å². The lowest BCUT2D eigenvalue weighted by molar-refractivity contribution is 0.0936. The Labute approximate surface area is 189 Å². The van der Waals surface area contributed by atoms with Gasteiger partial charge in [-0.1, -0.05) is 36.4 Å². The van der Waals surface area contributed by atoms with Crippen LogP contribution in [0.2, 0.25) is 0 Å². The number of benzene rings is 2. The molecule has 0 radical (unpaired) electrons. The molecule has 0 spiro atoms. The molecule has 7 heteroatoms. The predicted molar refractivity (Wildman–Crippen MR) is 127 cm³/mol. The highest BCUT2D eigenvalue weighted by Gasteiger charge is 2.20. The second-order valence-corrected chi connectivity index (χ2v) is 7.17. The zero-order valence-electron chi connectivity index (χ0n) is 16.8. The summed E-state index contributed by atoms with van der Waals surface area (Å²) in [6.45, 7) is 5.16. The van der Waals surface area contributed by atoms with Crippen molar-refractivity contribution in [1.29, 1.82) is 0 Å². The number of fused-ring (bicyclic) bond motifs is 2. The normalized spacial score (nSPS) is 18.4. The fraction of sp³-hybridized carbons (Fsp3) is 0.409. The molecule has 2 aliphatic heterocycles. The van der Waals surface area contributed by atoms with E-state index >= 15 is 0 Å². The molecule has 0 aliphatic carbocycles. The molecule has 6 nitrogen and oxygen atoms in total. The zero-order chi connectivity index (χ0) is 19.2. The van der Waals surface area contributed by atoms with E-state index < -0.39 is 0 Å². The Balaban J connectivity index is 0.00000240. The van der Waals surface area contributed by atoms with Gasteiger partial charge in [0.1, 0.15) is 12.7 Å². The van der Waals surface area contributed by atoms with Crippen molar-refractivity contribution in [1.82, 2.24) is 15.5 Å². The molecule has 1 unspecified atom stereocenters. The third-order valence-corrected chi connectivity index (χ3v) is 5.22. The minimum atomic E-state index is -0.0351. The molecule has 2 aromatic carbocycles. The van der Waals surface area contributed by atoms with Gasteiger partial charge < -0.3 is 20.1 Å². The van der Waals surface area contributed by atoms with Crippen LogP contribution in [0.3, 0.4) is 0 Å². The van der Waals surface area contributed by atoms with Crippen molar-refractivity contribution in [3.05, 3.63) is 59.7 Å². The van der Waals surface area contributed by atoms with Crippen molar-refractivity contribution >= 4 is 29.9 Å². The van der Waals surface area contributed by atoms with E-state index in [9.17, 15) is 0 Å². The van der Waals surface area contributed by atoms with E-state index in [2.05, 4.69) is 44.8 Å². The second-order valence-electron chi connectivity index (χ2n) is 7.17. The Bertz CT molecular complexity index is 830. The molecule has 0 fully saturated rings. The van der Waals surface area contributed by atoms with E-state index in [0.29, 0.717) is 13.2 Å². The average molecular weight is 508 g/mol. The number of rotatable bonds is 5. The maximum atomic E-state index is 5.98. The largest absolute Gasteiger partial charge is 0.486 e. The van der Waals surface area contributed by atoms with Gasteiger partial charge in [-0.2, -0.15) is 0 Å². The van der Waals surface area contributed by atoms with Crippen molar-refractivity contribution in [2.75, 3.05) is 39.8 Å². The van der Waals surface area contributed by atoms with E-state index in [1.165, 1.54) is 11.1 Å². The van der Waals surface area contributed by atoms with Crippen molar-refractivity contribution in [2.24, 2.45) is 4.99 Å². The molecule has 1 atom stereocenters. The third-order valence-electron chi connectivity index (χ3n) is 5.22. The molecular weight excluding hydrogens is 479 g/mol. The van der Waals surface area contributed by atoms with Gasteiger partial charge in [-0.3, -0.25) is 9.89 Å². The van der Waals surface area contributed by atoms with Gasteiger partial charge in [-0.05, 0) is 29.7 Å². The number of hydrogen-bond donors (Lipinski definition) is 2. The lowest BCUT2D eigenvalue weighted by atomic mass is 10.00. The summed E-state index contributed by atoms with van der Waals surface area (Å²) in [5.74, 6) is 2.40. The highest BCUT2D eigenvalue weighted by molar-refractivity contribution is 14.0. The molecule has 29 heavy (non-hydrogen) atoms. The first-order valence-corrected chi connectivity index (χ1v) is 9.94. The Morgan fingerprint density at radius 2 is 1.83 bits per heavy atom. The van der Waals surface area contributed by atoms with Crippen LogP contribution in [0, 0.1) is 0 Å². The molecule has 0 saturated carbocycles. The van der Waals surface area contributed by atoms with Crippen molar-refractivity contribution in [3.63, 3.8) is 0 Å². The van der Waals surface area contributed by atoms with Crippen LogP contribution in [0.15, 0.2) is 53.5 Å². The molecule has 0 amide bonds. The summed E-state index contributed by atoms with van der Waals surface area (Å²) in [6, 6.07) is 16.5. The fourth-order valence-electron chi connectivity index (χ4n) is 3.67. The predicted octanol–water partition coefficient (Wildman–Crippen LogP) is 2.67. The minimum absolute atomic E-state index is 0. The monoisotopic (exact) mass is 508 g/mol. The third kappa shape index (κ3) is 5.76. The van der Waals surface area contributed by atoms with Gasteiger partial charge in [0, 0.05) is 33.2 Å². The topological polar surface area (TPSA) is 58.1 Å². The molecule has 2 N–H and O–H groups in total. The number of para-hydroxylation sites is 2. The van der Waals surface area contributed by atoms with Crippen LogP contribution in [-0.4, -0.2) is 56.8 Å². The summed E-state index contributed by atoms with van der Waals surface area (Å²) >= 11 is 0. The fourth-order valence-corrected chi connectivity index (χ4v) is 3.67. The van der Waals surface area contributed by atoms with Crippen LogP contribution in [0.1, 0.15) is 11.1 Å². The van der Waals surface area contributed by atoms with Gasteiger partial charge >= 0.3 is 0 Å². The first-order chi connectivity index (χ1) is 13.8. The molecule has 0 bridgehead atoms. The summed E-state index contributed by atoms with van der Waals surface area (Å²) in [6.07, 6.45) is 1.09. The number of guanidine groups is 1. The van der Waals surface area contributed by atoms with Crippen LogP contribution in [-0.2, 0) is 13.0 Å². The first-order valence-electron chi connectivity index (χ1n) is 9.94. The first kappa shape index (κ1) is 21.7. The van der Waals surface area contributed by atoms with E-state index in [1.54, 1.807) is 7.05 Å². The van der Waals surface area contributed by atoms with Gasteiger partial charge in [0.25, 0.3) is 0 Å². The molecule has 4 rings (SSSR count). The van der Waals surface area contributed by atoms with Crippen LogP contribution in [0.25, 0.3) is 0 Å². The summed E-state index contributed by atoms with van der Waals surface area (Å²) in [4.78, 5) is 6.80. The van der Waals surface area contributed by atoms with Crippen molar-refractivity contribution in [3.8, 4) is 11.5 Å². The summed E-state index contributed by atoms with van der Waals surface area (Å²) in [5.41, 5.74) is 2.94. The maximum Gasteiger partial charge on any atom is 0.191 e. The Morgan fingerprint density at radius 3 is 2.66 bits per heavy atom. The van der Waals surface area contributed by atoms with Gasteiger partial charge in [0.2, 0.25) is 0 Å². The number of halogens is 1. The average Bonchev–Trinajstić information content (AvgIpc) is 2.76. The highest BCUT2D eigenvalue weighted by Crippen LogP contribution is 2.30. The standard InChI is InChI=1S/C22H28N4O2.HI/c1-23-22(25-14-19-16-27-20-8-4-5-9-21(20)28-19)24-11-13-26-12-10-17-6-2-3-7-18(17)15-26;/h2-9,19H,10-16H2,1H3,(H2,23,24,25);1H. The number of nitrogens with one attached hydrogen (secondary N) is 2. The minimum Gasteiger partial charge on any atom is -0.486 e. The molecule has 2 aliphatic rings. The number of aliphatic imine (C=N–C) groups is 1. The van der Waals surface area contributed by atoms with E-state index in [-0.39, 0.29) is 30.1 Å². The van der Waals surface area contributed by atoms with Crippen LogP contribution in [0.4, 0.5) is 0 Å². The Kier molecular flexibility index (Phi) is 8.00. The van der Waals surface area contributed by atoms with Crippen molar-refractivity contribution in [2.45, 2.75) is 19.1 Å². The van der Waals surface area contributed by atoms with Crippen LogP contribution < -0.4 is 20.1 Å². The summed E-state index contributed by atoms with van der Waals surface area (Å²) in [5, 5.41) is 6.74. The van der Waals surface area contributed by atoms with Crippen molar-refractivity contribution < 1.29 is 9.47 Å². The molecule has 2 heterocycles. The highest BCUT2D eigenvalue weighted by atomic mass is 127. The molecule has 0 saturated heterocycles. The van der Waals surface area contributed by atoms with Crippen LogP contribution >= 0.6 is 24.0 Å². The van der Waals surface area contributed by atoms with E-state index in [4.69, 9.17) is 9.47 Å². The number of hydrogen-bond acceptors (Lipinski definition) is 4. The lowest BCUT2D eigenvalue weighted by Gasteiger charge is -2.29. The maximum absolute atomic E-state index is 5.98. The van der Waals surface area contributed by atoms with E-state index in [1.807, 2.05) is 24.3 Å². The Hall–Kier alpha value is -2.00. The number of ether oxygens (including phenoxy) is 2. The molecular formula is C22H29IN4O2. The molecule has 2 aromatic rings. The number of nitrogens with zero attached hydrogens (tertiary/aromatic N) is 2. The Morgan fingerprint density at radius 1 is 1.07 bits per heavy atom. The second kappa shape index (κ2) is 10.7. The molecule has 156 valence electrons. The summed E-state index contributed by atoms with van der Waals surface area (Å²) < 4.78 is 11.7.